The van der Waals surface area contributed by atoms with Gasteiger partial charge in [-0.25, -0.2) is 8.42 Å². The van der Waals surface area contributed by atoms with Crippen LogP contribution >= 0.6 is 0 Å². The maximum absolute atomic E-state index is 11.9. The third kappa shape index (κ3) is 2.13. The Morgan fingerprint density at radius 3 is 2.29 bits per heavy atom. The molecule has 1 unspecified atom stereocenters. The van der Waals surface area contributed by atoms with Crippen LogP contribution in [0.25, 0.3) is 0 Å². The highest BCUT2D eigenvalue weighted by Gasteiger charge is 2.24. The molecule has 0 N–H and O–H groups in total. The molecule has 78 valence electrons. The second kappa shape index (κ2) is 4.57. The van der Waals surface area contributed by atoms with E-state index in [2.05, 4.69) is 0 Å². The highest BCUT2D eigenvalue weighted by molar-refractivity contribution is 7.91. The number of hydrogen-bond acceptors (Lipinski definition) is 3. The van der Waals surface area contributed by atoms with Crippen LogP contribution in [0.5, 0.6) is 0 Å². The summed E-state index contributed by atoms with van der Waals surface area (Å²) < 4.78 is 28.7. The second-order valence-corrected chi connectivity index (χ2v) is 5.02. The predicted octanol–water partition coefficient (Wildman–Crippen LogP) is 1.84. The maximum atomic E-state index is 11.9. The molecule has 0 fully saturated rings. The van der Waals surface area contributed by atoms with Crippen molar-refractivity contribution in [3.8, 4) is 0 Å². The lowest BCUT2D eigenvalue weighted by Gasteiger charge is -2.13. The van der Waals surface area contributed by atoms with Gasteiger partial charge in [0.25, 0.3) is 0 Å². The lowest BCUT2D eigenvalue weighted by Crippen LogP contribution is -2.22. The van der Waals surface area contributed by atoms with Gasteiger partial charge in [0.1, 0.15) is 0 Å². The van der Waals surface area contributed by atoms with Crippen LogP contribution < -0.4 is 0 Å². The summed E-state index contributed by atoms with van der Waals surface area (Å²) in [5.74, 6) is 0. The maximum Gasteiger partial charge on any atom is 0.205 e. The van der Waals surface area contributed by atoms with E-state index >= 15 is 0 Å². The molecule has 0 radical (unpaired) electrons. The fraction of sp³-hybridized carbons (Fsp3) is 0.400. The van der Waals surface area contributed by atoms with Crippen LogP contribution in [-0.4, -0.2) is 21.0 Å². The minimum absolute atomic E-state index is 0.314. The number of sulfone groups is 1. The van der Waals surface area contributed by atoms with Crippen molar-refractivity contribution in [1.29, 1.82) is 0 Å². The zero-order valence-corrected chi connectivity index (χ0v) is 9.12. The van der Waals surface area contributed by atoms with E-state index in [1.165, 1.54) is 7.11 Å². The highest BCUT2D eigenvalue weighted by atomic mass is 32.2. The molecule has 0 heterocycles. The van der Waals surface area contributed by atoms with Crippen LogP contribution in [0.4, 0.5) is 0 Å². The summed E-state index contributed by atoms with van der Waals surface area (Å²) in [6.07, 6.45) is 0.452. The Bertz CT molecular complexity index is 366. The summed E-state index contributed by atoms with van der Waals surface area (Å²) in [6, 6.07) is 8.35. The quantitative estimate of drug-likeness (QED) is 0.768. The van der Waals surface area contributed by atoms with Gasteiger partial charge < -0.3 is 4.74 Å². The highest BCUT2D eigenvalue weighted by Crippen LogP contribution is 2.17. The molecular weight excluding hydrogens is 200 g/mol. The molecule has 0 aliphatic carbocycles. The van der Waals surface area contributed by atoms with Crippen LogP contribution in [0.1, 0.15) is 13.3 Å². The minimum Gasteiger partial charge on any atom is -0.365 e. The Morgan fingerprint density at radius 1 is 1.29 bits per heavy atom. The monoisotopic (exact) mass is 214 g/mol. The summed E-state index contributed by atoms with van der Waals surface area (Å²) in [6.45, 7) is 1.79. The number of ether oxygens (including phenoxy) is 1. The average Bonchev–Trinajstić information content (AvgIpc) is 2.20. The van der Waals surface area contributed by atoms with Crippen LogP contribution in [0, 0.1) is 0 Å². The zero-order valence-electron chi connectivity index (χ0n) is 8.30. The Hall–Kier alpha value is -0.870. The molecule has 0 amide bonds. The molecule has 0 bridgehead atoms. The average molecular weight is 214 g/mol. The van der Waals surface area contributed by atoms with E-state index in [1.807, 2.05) is 0 Å². The fourth-order valence-electron chi connectivity index (χ4n) is 1.27. The van der Waals surface area contributed by atoms with Crippen molar-refractivity contribution in [2.45, 2.75) is 23.7 Å². The molecule has 0 saturated carbocycles. The van der Waals surface area contributed by atoms with E-state index in [1.54, 1.807) is 37.3 Å². The Morgan fingerprint density at radius 2 is 1.86 bits per heavy atom. The summed E-state index contributed by atoms with van der Waals surface area (Å²) in [5.41, 5.74) is -0.745. The van der Waals surface area contributed by atoms with Gasteiger partial charge in [-0.05, 0) is 18.6 Å². The molecule has 1 aromatic carbocycles. The number of benzene rings is 1. The molecule has 1 atom stereocenters. The van der Waals surface area contributed by atoms with E-state index in [-0.39, 0.29) is 0 Å². The SMILES string of the molecule is CCC(OC)S(=O)(=O)c1ccccc1. The third-order valence-corrected chi connectivity index (χ3v) is 4.16. The summed E-state index contributed by atoms with van der Waals surface area (Å²) >= 11 is 0. The van der Waals surface area contributed by atoms with Gasteiger partial charge in [0.2, 0.25) is 9.84 Å². The van der Waals surface area contributed by atoms with Crippen LogP contribution in [-0.2, 0) is 14.6 Å². The van der Waals surface area contributed by atoms with Crippen molar-refractivity contribution < 1.29 is 13.2 Å². The Balaban J connectivity index is 3.08. The number of methoxy groups -OCH3 is 1. The standard InChI is InChI=1S/C10H14O3S/c1-3-10(13-2)14(11,12)9-7-5-4-6-8-9/h4-8,10H,3H2,1-2H3. The normalized spacial score (nSPS) is 13.9. The zero-order chi connectivity index (χ0) is 10.6. The molecule has 0 spiro atoms. The Labute approximate surface area is 84.6 Å². The molecule has 1 rings (SSSR count). The summed E-state index contributed by atoms with van der Waals surface area (Å²) in [7, 11) is -1.91. The van der Waals surface area contributed by atoms with Crippen LogP contribution in [0.15, 0.2) is 35.2 Å². The van der Waals surface area contributed by atoms with E-state index in [4.69, 9.17) is 4.74 Å². The second-order valence-electron chi connectivity index (χ2n) is 2.93. The van der Waals surface area contributed by atoms with Gasteiger partial charge in [-0.1, -0.05) is 25.1 Å². The van der Waals surface area contributed by atoms with Gasteiger partial charge in [-0.2, -0.15) is 0 Å². The minimum atomic E-state index is -3.32. The van der Waals surface area contributed by atoms with Crippen molar-refractivity contribution >= 4 is 9.84 Å². The van der Waals surface area contributed by atoms with E-state index in [9.17, 15) is 8.42 Å². The van der Waals surface area contributed by atoms with E-state index < -0.39 is 15.3 Å². The summed E-state index contributed by atoms with van der Waals surface area (Å²) in [4.78, 5) is 0.314. The van der Waals surface area contributed by atoms with Crippen molar-refractivity contribution in [2.24, 2.45) is 0 Å². The third-order valence-electron chi connectivity index (χ3n) is 2.01. The van der Waals surface area contributed by atoms with Gasteiger partial charge in [0.05, 0.1) is 4.90 Å². The van der Waals surface area contributed by atoms with Crippen LogP contribution in [0.3, 0.4) is 0 Å². The molecule has 0 aromatic heterocycles. The van der Waals surface area contributed by atoms with E-state index in [0.29, 0.717) is 11.3 Å². The first-order chi connectivity index (χ1) is 6.62. The van der Waals surface area contributed by atoms with Gasteiger partial charge in [-0.15, -0.1) is 0 Å². The molecule has 0 aliphatic heterocycles. The Kier molecular flexibility index (Phi) is 3.66. The molecule has 0 aliphatic rings. The van der Waals surface area contributed by atoms with Gasteiger partial charge in [-0.3, -0.25) is 0 Å². The van der Waals surface area contributed by atoms with E-state index in [0.717, 1.165) is 0 Å². The van der Waals surface area contributed by atoms with Gasteiger partial charge >= 0.3 is 0 Å². The predicted molar refractivity (Wildman–Crippen MR) is 54.7 cm³/mol. The van der Waals surface area contributed by atoms with Gasteiger partial charge in [0, 0.05) is 7.11 Å². The van der Waals surface area contributed by atoms with Crippen molar-refractivity contribution in [3.05, 3.63) is 30.3 Å². The first kappa shape index (κ1) is 11.2. The summed E-state index contributed by atoms with van der Waals surface area (Å²) in [5, 5.41) is 0. The molecule has 3 nitrogen and oxygen atoms in total. The van der Waals surface area contributed by atoms with Crippen molar-refractivity contribution in [1.82, 2.24) is 0 Å². The largest absolute Gasteiger partial charge is 0.365 e. The molecule has 0 saturated heterocycles. The smallest absolute Gasteiger partial charge is 0.205 e. The molecule has 1 aromatic rings. The van der Waals surface area contributed by atoms with Gasteiger partial charge in [0.15, 0.2) is 5.44 Å². The first-order valence-electron chi connectivity index (χ1n) is 4.44. The molecule has 14 heavy (non-hydrogen) atoms. The lowest BCUT2D eigenvalue weighted by atomic mass is 10.4. The molecular formula is C10H14O3S. The lowest BCUT2D eigenvalue weighted by molar-refractivity contribution is 0.160. The number of hydrogen-bond donors (Lipinski definition) is 0. The number of rotatable bonds is 4. The van der Waals surface area contributed by atoms with Crippen molar-refractivity contribution in [2.75, 3.05) is 7.11 Å². The fourth-order valence-corrected chi connectivity index (χ4v) is 2.81. The topological polar surface area (TPSA) is 43.4 Å². The van der Waals surface area contributed by atoms with Crippen molar-refractivity contribution in [3.63, 3.8) is 0 Å². The van der Waals surface area contributed by atoms with Crippen LogP contribution in [0.2, 0.25) is 0 Å². The molecule has 4 heteroatoms. The first-order valence-corrected chi connectivity index (χ1v) is 5.99.